The molecule has 0 saturated carbocycles. The van der Waals surface area contributed by atoms with E-state index in [0.29, 0.717) is 11.3 Å². The van der Waals surface area contributed by atoms with Crippen LogP contribution in [-0.4, -0.2) is 19.1 Å². The van der Waals surface area contributed by atoms with Crippen molar-refractivity contribution in [2.75, 3.05) is 7.11 Å². The molecule has 0 spiro atoms. The Hall–Kier alpha value is -1.78. The number of benzene rings is 1. The minimum Gasteiger partial charge on any atom is -0.497 e. The summed E-state index contributed by atoms with van der Waals surface area (Å²) >= 11 is 0. The number of carbonyl (C=O) groups is 1. The Morgan fingerprint density at radius 2 is 2.12 bits per heavy atom. The Labute approximate surface area is 96.7 Å². The molecule has 0 N–H and O–H groups in total. The number of ether oxygens (including phenoxy) is 1. The van der Waals surface area contributed by atoms with Gasteiger partial charge in [0, 0.05) is 5.56 Å². The molecule has 0 atom stereocenters. The Kier molecular flexibility index (Phi) is 4.31. The number of halogens is 3. The molecule has 1 aromatic rings. The standard InChI is InChI=1S/C12H11F3O2/c1-17-10-5-2-4-9(8-10)11(16)6-3-7-12(13,14)15/h2-6,8H,7H2,1H3/b6-3+. The number of carbonyl (C=O) groups excluding carboxylic acids is 1. The first-order valence-electron chi connectivity index (χ1n) is 4.84. The van der Waals surface area contributed by atoms with E-state index in [9.17, 15) is 18.0 Å². The molecule has 17 heavy (non-hydrogen) atoms. The molecule has 5 heteroatoms. The van der Waals surface area contributed by atoms with E-state index in [1.54, 1.807) is 12.1 Å². The van der Waals surface area contributed by atoms with Gasteiger partial charge in [0.2, 0.25) is 0 Å². The van der Waals surface area contributed by atoms with Crippen LogP contribution < -0.4 is 4.74 Å². The highest BCUT2D eigenvalue weighted by Gasteiger charge is 2.24. The zero-order valence-electron chi connectivity index (χ0n) is 9.12. The summed E-state index contributed by atoms with van der Waals surface area (Å²) in [7, 11) is 1.45. The minimum atomic E-state index is -4.29. The molecular formula is C12H11F3O2. The van der Waals surface area contributed by atoms with Crippen molar-refractivity contribution in [1.82, 2.24) is 0 Å². The van der Waals surface area contributed by atoms with Gasteiger partial charge in [0.25, 0.3) is 0 Å². The van der Waals surface area contributed by atoms with E-state index >= 15 is 0 Å². The van der Waals surface area contributed by atoms with Crippen molar-refractivity contribution in [3.63, 3.8) is 0 Å². The van der Waals surface area contributed by atoms with Gasteiger partial charge < -0.3 is 4.74 Å². The minimum absolute atomic E-state index is 0.294. The maximum absolute atomic E-state index is 11.8. The second-order valence-corrected chi connectivity index (χ2v) is 3.32. The third kappa shape index (κ3) is 4.72. The lowest BCUT2D eigenvalue weighted by molar-refractivity contribution is -0.125. The average molecular weight is 244 g/mol. The fourth-order valence-electron chi connectivity index (χ4n) is 1.17. The summed E-state index contributed by atoms with van der Waals surface area (Å²) in [6.07, 6.45) is -3.67. The van der Waals surface area contributed by atoms with E-state index in [0.717, 1.165) is 12.2 Å². The van der Waals surface area contributed by atoms with Crippen LogP contribution in [0.2, 0.25) is 0 Å². The van der Waals surface area contributed by atoms with Gasteiger partial charge in [-0.2, -0.15) is 13.2 Å². The van der Waals surface area contributed by atoms with E-state index in [4.69, 9.17) is 4.74 Å². The van der Waals surface area contributed by atoms with Crippen LogP contribution in [0.5, 0.6) is 5.75 Å². The summed E-state index contributed by atoms with van der Waals surface area (Å²) in [5, 5.41) is 0. The highest BCUT2D eigenvalue weighted by atomic mass is 19.4. The maximum atomic E-state index is 11.8. The summed E-state index contributed by atoms with van der Waals surface area (Å²) in [6.45, 7) is 0. The van der Waals surface area contributed by atoms with Crippen LogP contribution in [0.1, 0.15) is 16.8 Å². The third-order valence-electron chi connectivity index (χ3n) is 1.97. The average Bonchev–Trinajstić information content (AvgIpc) is 2.27. The number of hydrogen-bond donors (Lipinski definition) is 0. The van der Waals surface area contributed by atoms with E-state index in [-0.39, 0.29) is 0 Å². The molecule has 1 aromatic carbocycles. The van der Waals surface area contributed by atoms with Crippen molar-refractivity contribution in [2.24, 2.45) is 0 Å². The summed E-state index contributed by atoms with van der Waals surface area (Å²) in [5.74, 6) is 0.00761. The van der Waals surface area contributed by atoms with Crippen LogP contribution in [0.15, 0.2) is 36.4 Å². The van der Waals surface area contributed by atoms with Gasteiger partial charge in [-0.1, -0.05) is 18.2 Å². The van der Waals surface area contributed by atoms with Gasteiger partial charge in [-0.05, 0) is 18.2 Å². The summed E-state index contributed by atoms with van der Waals surface area (Å²) in [5.41, 5.74) is 0.294. The molecule has 0 amide bonds. The van der Waals surface area contributed by atoms with Gasteiger partial charge in [-0.3, -0.25) is 4.79 Å². The lowest BCUT2D eigenvalue weighted by Crippen LogP contribution is -2.05. The number of hydrogen-bond acceptors (Lipinski definition) is 2. The number of allylic oxidation sites excluding steroid dienone is 2. The quantitative estimate of drug-likeness (QED) is 0.599. The van der Waals surface area contributed by atoms with E-state index in [2.05, 4.69) is 0 Å². The smallest absolute Gasteiger partial charge is 0.392 e. The Bertz CT molecular complexity index is 422. The van der Waals surface area contributed by atoms with Crippen LogP contribution in [-0.2, 0) is 0 Å². The lowest BCUT2D eigenvalue weighted by Gasteiger charge is -2.02. The fourth-order valence-corrected chi connectivity index (χ4v) is 1.17. The third-order valence-corrected chi connectivity index (χ3v) is 1.97. The fraction of sp³-hybridized carbons (Fsp3) is 0.250. The van der Waals surface area contributed by atoms with Crippen molar-refractivity contribution in [1.29, 1.82) is 0 Å². The highest BCUT2D eigenvalue weighted by Crippen LogP contribution is 2.20. The Morgan fingerprint density at radius 3 is 2.71 bits per heavy atom. The molecule has 0 heterocycles. The molecule has 92 valence electrons. The normalized spacial score (nSPS) is 11.8. The van der Waals surface area contributed by atoms with E-state index in [1.807, 2.05) is 0 Å². The number of rotatable bonds is 4. The van der Waals surface area contributed by atoms with Crippen LogP contribution in [0, 0.1) is 0 Å². The molecule has 1 rings (SSSR count). The van der Waals surface area contributed by atoms with Gasteiger partial charge >= 0.3 is 6.18 Å². The number of alkyl halides is 3. The molecule has 0 bridgehead atoms. The molecular weight excluding hydrogens is 233 g/mol. The largest absolute Gasteiger partial charge is 0.497 e. The summed E-state index contributed by atoms with van der Waals surface area (Å²) < 4.78 is 40.4. The lowest BCUT2D eigenvalue weighted by atomic mass is 10.1. The number of methoxy groups -OCH3 is 1. The number of ketones is 1. The monoisotopic (exact) mass is 244 g/mol. The first kappa shape index (κ1) is 13.3. The van der Waals surface area contributed by atoms with Crippen LogP contribution in [0.4, 0.5) is 13.2 Å². The molecule has 0 unspecified atom stereocenters. The SMILES string of the molecule is COc1cccc(C(=O)/C=C/CC(F)(F)F)c1. The second-order valence-electron chi connectivity index (χ2n) is 3.32. The van der Waals surface area contributed by atoms with E-state index < -0.39 is 18.4 Å². The molecule has 0 aliphatic carbocycles. The van der Waals surface area contributed by atoms with Crippen LogP contribution >= 0.6 is 0 Å². The molecule has 0 fully saturated rings. The van der Waals surface area contributed by atoms with Crippen molar-refractivity contribution in [3.05, 3.63) is 42.0 Å². The summed E-state index contributed by atoms with van der Waals surface area (Å²) in [6, 6.07) is 6.24. The van der Waals surface area contributed by atoms with Crippen molar-refractivity contribution in [3.8, 4) is 5.75 Å². The van der Waals surface area contributed by atoms with Crippen molar-refractivity contribution >= 4 is 5.78 Å². The van der Waals surface area contributed by atoms with Gasteiger partial charge in [-0.25, -0.2) is 0 Å². The zero-order valence-corrected chi connectivity index (χ0v) is 9.12. The molecule has 0 saturated heterocycles. The van der Waals surface area contributed by atoms with Crippen LogP contribution in [0.3, 0.4) is 0 Å². The summed E-state index contributed by atoms with van der Waals surface area (Å²) in [4.78, 5) is 11.5. The highest BCUT2D eigenvalue weighted by molar-refractivity contribution is 6.04. The topological polar surface area (TPSA) is 26.3 Å². The van der Waals surface area contributed by atoms with Crippen LogP contribution in [0.25, 0.3) is 0 Å². The van der Waals surface area contributed by atoms with Crippen molar-refractivity contribution in [2.45, 2.75) is 12.6 Å². The molecule has 0 aliphatic rings. The Balaban J connectivity index is 2.70. The van der Waals surface area contributed by atoms with E-state index in [1.165, 1.54) is 19.2 Å². The maximum Gasteiger partial charge on any atom is 0.392 e. The zero-order chi connectivity index (χ0) is 12.9. The molecule has 2 nitrogen and oxygen atoms in total. The predicted octanol–water partition coefficient (Wildman–Crippen LogP) is 3.39. The molecule has 0 aromatic heterocycles. The first-order valence-corrected chi connectivity index (χ1v) is 4.84. The second kappa shape index (κ2) is 5.52. The van der Waals surface area contributed by atoms with Crippen molar-refractivity contribution < 1.29 is 22.7 Å². The Morgan fingerprint density at radius 1 is 1.41 bits per heavy atom. The van der Waals surface area contributed by atoms with Gasteiger partial charge in [-0.15, -0.1) is 0 Å². The van der Waals surface area contributed by atoms with Gasteiger partial charge in [0.1, 0.15) is 5.75 Å². The molecule has 0 aliphatic heterocycles. The van der Waals surface area contributed by atoms with Gasteiger partial charge in [0.15, 0.2) is 5.78 Å². The first-order chi connectivity index (χ1) is 7.92. The predicted molar refractivity (Wildman–Crippen MR) is 57.1 cm³/mol. The van der Waals surface area contributed by atoms with Gasteiger partial charge in [0.05, 0.1) is 13.5 Å². The molecule has 0 radical (unpaired) electrons.